The van der Waals surface area contributed by atoms with Gasteiger partial charge in [-0.2, -0.15) is 4.98 Å². The van der Waals surface area contributed by atoms with E-state index < -0.39 is 0 Å². The molecule has 18 heavy (non-hydrogen) atoms. The van der Waals surface area contributed by atoms with Crippen LogP contribution in [0.1, 0.15) is 18.4 Å². The standard InChI is InChI=1S/C11H16N4O3/c12-11-13-9-7(10(17)14-11)3-4-15(9)8-2-1-6(5-16)18-8/h6,8,16H,1-5H2,(H3,12,13,14,17)/t6-,8+/m0/s1. The van der Waals surface area contributed by atoms with E-state index in [1.54, 1.807) is 0 Å². The molecule has 0 saturated carbocycles. The number of hydrogen-bond acceptors (Lipinski definition) is 6. The molecule has 1 fully saturated rings. The Morgan fingerprint density at radius 1 is 1.56 bits per heavy atom. The fourth-order valence-corrected chi connectivity index (χ4v) is 2.63. The fourth-order valence-electron chi connectivity index (χ4n) is 2.63. The number of aliphatic hydroxyl groups is 1. The first kappa shape index (κ1) is 11.5. The van der Waals surface area contributed by atoms with Gasteiger partial charge in [0.1, 0.15) is 12.0 Å². The van der Waals surface area contributed by atoms with Crippen molar-refractivity contribution >= 4 is 11.8 Å². The number of aliphatic hydroxyl groups excluding tert-OH is 1. The second kappa shape index (κ2) is 4.25. The highest BCUT2D eigenvalue weighted by molar-refractivity contribution is 5.53. The van der Waals surface area contributed by atoms with Crippen molar-refractivity contribution in [1.29, 1.82) is 0 Å². The number of rotatable bonds is 2. The normalized spacial score (nSPS) is 26.6. The summed E-state index contributed by atoms with van der Waals surface area (Å²) in [4.78, 5) is 20.4. The van der Waals surface area contributed by atoms with Gasteiger partial charge in [0.2, 0.25) is 5.95 Å². The van der Waals surface area contributed by atoms with E-state index in [-0.39, 0.29) is 30.4 Å². The van der Waals surface area contributed by atoms with E-state index >= 15 is 0 Å². The largest absolute Gasteiger partial charge is 0.394 e. The lowest BCUT2D eigenvalue weighted by Crippen LogP contribution is -2.35. The Bertz CT molecular complexity index is 516. The van der Waals surface area contributed by atoms with Gasteiger partial charge in [0.15, 0.2) is 0 Å². The number of ether oxygens (including phenoxy) is 1. The van der Waals surface area contributed by atoms with Crippen LogP contribution in [0.2, 0.25) is 0 Å². The molecule has 1 aromatic rings. The lowest BCUT2D eigenvalue weighted by molar-refractivity contribution is 0.0112. The van der Waals surface area contributed by atoms with Crippen molar-refractivity contribution in [3.05, 3.63) is 15.9 Å². The van der Waals surface area contributed by atoms with Crippen molar-refractivity contribution in [2.24, 2.45) is 0 Å². The highest BCUT2D eigenvalue weighted by atomic mass is 16.5. The van der Waals surface area contributed by atoms with Crippen LogP contribution in [0.3, 0.4) is 0 Å². The van der Waals surface area contributed by atoms with Gasteiger partial charge in [0.05, 0.1) is 18.3 Å². The third kappa shape index (κ3) is 1.75. The number of aromatic nitrogens is 2. The Morgan fingerprint density at radius 2 is 2.39 bits per heavy atom. The van der Waals surface area contributed by atoms with Crippen LogP contribution in [0.25, 0.3) is 0 Å². The first-order chi connectivity index (χ1) is 8.69. The quantitative estimate of drug-likeness (QED) is 0.637. The van der Waals surface area contributed by atoms with Crippen LogP contribution < -0.4 is 16.2 Å². The average molecular weight is 252 g/mol. The van der Waals surface area contributed by atoms with Crippen molar-refractivity contribution in [1.82, 2.24) is 9.97 Å². The van der Waals surface area contributed by atoms with E-state index in [1.807, 2.05) is 4.90 Å². The molecule has 4 N–H and O–H groups in total. The minimum Gasteiger partial charge on any atom is -0.394 e. The van der Waals surface area contributed by atoms with Crippen LogP contribution in [-0.4, -0.2) is 40.6 Å². The van der Waals surface area contributed by atoms with Crippen LogP contribution in [0.5, 0.6) is 0 Å². The number of H-pyrrole nitrogens is 1. The Kier molecular flexibility index (Phi) is 2.71. The molecule has 0 aromatic carbocycles. The number of anilines is 2. The van der Waals surface area contributed by atoms with Gasteiger partial charge in [0.25, 0.3) is 5.56 Å². The van der Waals surface area contributed by atoms with E-state index in [2.05, 4.69) is 9.97 Å². The number of nitrogens with one attached hydrogen (secondary N) is 1. The Hall–Kier alpha value is -1.60. The maximum Gasteiger partial charge on any atom is 0.257 e. The molecule has 3 heterocycles. The molecule has 0 unspecified atom stereocenters. The zero-order valence-electron chi connectivity index (χ0n) is 9.93. The topological polar surface area (TPSA) is 104 Å². The number of nitrogens with zero attached hydrogens (tertiary/aromatic N) is 2. The number of nitrogen functional groups attached to an aromatic ring is 1. The molecule has 98 valence electrons. The van der Waals surface area contributed by atoms with Gasteiger partial charge in [-0.3, -0.25) is 9.78 Å². The van der Waals surface area contributed by atoms with E-state index in [0.29, 0.717) is 24.3 Å². The maximum atomic E-state index is 11.7. The SMILES string of the molecule is Nc1nc2c(c(=O)[nH]1)CCN2[C@H]1CC[C@@H](CO)O1. The highest BCUT2D eigenvalue weighted by Crippen LogP contribution is 2.31. The fraction of sp³-hybridized carbons (Fsp3) is 0.636. The summed E-state index contributed by atoms with van der Waals surface area (Å²) in [6.07, 6.45) is 2.09. The predicted octanol–water partition coefficient (Wildman–Crippen LogP) is -0.788. The molecule has 0 spiro atoms. The predicted molar refractivity (Wildman–Crippen MR) is 65.3 cm³/mol. The van der Waals surface area contributed by atoms with Crippen molar-refractivity contribution in [2.45, 2.75) is 31.6 Å². The van der Waals surface area contributed by atoms with Gasteiger partial charge in [-0.25, -0.2) is 0 Å². The molecule has 2 aliphatic rings. The van der Waals surface area contributed by atoms with E-state index in [4.69, 9.17) is 15.6 Å². The molecular weight excluding hydrogens is 236 g/mol. The van der Waals surface area contributed by atoms with Crippen LogP contribution in [0.4, 0.5) is 11.8 Å². The summed E-state index contributed by atoms with van der Waals surface area (Å²) < 4.78 is 5.71. The summed E-state index contributed by atoms with van der Waals surface area (Å²) in [6, 6.07) is 0. The van der Waals surface area contributed by atoms with E-state index in [1.165, 1.54) is 0 Å². The zero-order chi connectivity index (χ0) is 12.7. The Labute approximate surface area is 104 Å². The van der Waals surface area contributed by atoms with E-state index in [9.17, 15) is 4.79 Å². The highest BCUT2D eigenvalue weighted by Gasteiger charge is 2.35. The molecule has 1 saturated heterocycles. The number of fused-ring (bicyclic) bond motifs is 1. The Morgan fingerprint density at radius 3 is 3.11 bits per heavy atom. The third-order valence-electron chi connectivity index (χ3n) is 3.52. The van der Waals surface area contributed by atoms with Gasteiger partial charge < -0.3 is 20.5 Å². The lowest BCUT2D eigenvalue weighted by atomic mass is 10.2. The van der Waals surface area contributed by atoms with E-state index in [0.717, 1.165) is 12.8 Å². The van der Waals surface area contributed by atoms with Crippen LogP contribution in [0, 0.1) is 0 Å². The molecule has 2 atom stereocenters. The maximum absolute atomic E-state index is 11.7. The molecule has 2 aliphatic heterocycles. The van der Waals surface area contributed by atoms with Crippen LogP contribution >= 0.6 is 0 Å². The molecule has 1 aromatic heterocycles. The second-order valence-corrected chi connectivity index (χ2v) is 4.67. The second-order valence-electron chi connectivity index (χ2n) is 4.67. The number of aromatic amines is 1. The van der Waals surface area contributed by atoms with Crippen LogP contribution in [-0.2, 0) is 11.2 Å². The van der Waals surface area contributed by atoms with Crippen molar-refractivity contribution in [2.75, 3.05) is 23.8 Å². The third-order valence-corrected chi connectivity index (χ3v) is 3.52. The first-order valence-electron chi connectivity index (χ1n) is 6.10. The minimum absolute atomic E-state index is 0.0299. The molecule has 7 nitrogen and oxygen atoms in total. The van der Waals surface area contributed by atoms with Gasteiger partial charge in [0, 0.05) is 6.54 Å². The first-order valence-corrected chi connectivity index (χ1v) is 6.10. The van der Waals surface area contributed by atoms with Crippen molar-refractivity contribution in [3.63, 3.8) is 0 Å². The van der Waals surface area contributed by atoms with Gasteiger partial charge >= 0.3 is 0 Å². The van der Waals surface area contributed by atoms with Crippen molar-refractivity contribution < 1.29 is 9.84 Å². The summed E-state index contributed by atoms with van der Waals surface area (Å²) >= 11 is 0. The summed E-state index contributed by atoms with van der Waals surface area (Å²) in [5, 5.41) is 9.08. The summed E-state index contributed by atoms with van der Waals surface area (Å²) in [5.41, 5.74) is 6.07. The molecule has 0 bridgehead atoms. The summed E-state index contributed by atoms with van der Waals surface area (Å²) in [6.45, 7) is 0.736. The average Bonchev–Trinajstić information content (AvgIpc) is 2.93. The summed E-state index contributed by atoms with van der Waals surface area (Å²) in [5.74, 6) is 0.752. The molecule has 0 aliphatic carbocycles. The smallest absolute Gasteiger partial charge is 0.257 e. The molecule has 0 amide bonds. The molecule has 7 heteroatoms. The number of nitrogens with two attached hydrogens (primary N) is 1. The lowest BCUT2D eigenvalue weighted by Gasteiger charge is -2.25. The minimum atomic E-state index is -0.170. The van der Waals surface area contributed by atoms with Crippen molar-refractivity contribution in [3.8, 4) is 0 Å². The van der Waals surface area contributed by atoms with Gasteiger partial charge in [-0.1, -0.05) is 0 Å². The zero-order valence-corrected chi connectivity index (χ0v) is 9.93. The monoisotopic (exact) mass is 252 g/mol. The Balaban J connectivity index is 1.89. The van der Waals surface area contributed by atoms with Gasteiger partial charge in [-0.05, 0) is 19.3 Å². The molecule has 0 radical (unpaired) electrons. The summed E-state index contributed by atoms with van der Waals surface area (Å²) in [7, 11) is 0. The molecule has 3 rings (SSSR count). The number of hydrogen-bond donors (Lipinski definition) is 3. The van der Waals surface area contributed by atoms with Crippen LogP contribution in [0.15, 0.2) is 4.79 Å². The van der Waals surface area contributed by atoms with Gasteiger partial charge in [-0.15, -0.1) is 0 Å². The molecular formula is C11H16N4O3.